The molecular weight excluding hydrogens is 186 g/mol. The van der Waals surface area contributed by atoms with Gasteiger partial charge in [0, 0.05) is 5.56 Å². The summed E-state index contributed by atoms with van der Waals surface area (Å²) in [5.74, 6) is 1.79. The van der Waals surface area contributed by atoms with E-state index in [0.717, 1.165) is 24.6 Å². The van der Waals surface area contributed by atoms with E-state index >= 15 is 0 Å². The molecule has 0 aliphatic heterocycles. The highest BCUT2D eigenvalue weighted by molar-refractivity contribution is 5.45. The van der Waals surface area contributed by atoms with E-state index in [4.69, 9.17) is 5.73 Å². The van der Waals surface area contributed by atoms with Crippen LogP contribution in [0.15, 0.2) is 0 Å². The Labute approximate surface area is 90.7 Å². The van der Waals surface area contributed by atoms with Crippen molar-refractivity contribution in [2.45, 2.75) is 51.5 Å². The molecule has 1 atom stereocenters. The Morgan fingerprint density at radius 1 is 1.40 bits per heavy atom. The smallest absolute Gasteiger partial charge is 0.125 e. The van der Waals surface area contributed by atoms with E-state index in [1.165, 1.54) is 36.9 Å². The first kappa shape index (κ1) is 9.25. The summed E-state index contributed by atoms with van der Waals surface area (Å²) in [5.41, 5.74) is 8.83. The minimum Gasteiger partial charge on any atom is -0.384 e. The van der Waals surface area contributed by atoms with Crippen LogP contribution in [0.4, 0.5) is 5.82 Å². The third-order valence-corrected chi connectivity index (χ3v) is 3.89. The van der Waals surface area contributed by atoms with E-state index in [-0.39, 0.29) is 0 Å². The van der Waals surface area contributed by atoms with Crippen molar-refractivity contribution in [3.8, 4) is 0 Å². The summed E-state index contributed by atoms with van der Waals surface area (Å²) in [6.45, 7) is 2.27. The summed E-state index contributed by atoms with van der Waals surface area (Å²) in [6.07, 6.45) is 7.39. The Hall–Kier alpha value is -0.990. The van der Waals surface area contributed by atoms with Gasteiger partial charge < -0.3 is 5.73 Å². The molecule has 0 radical (unpaired) electrons. The topological polar surface area (TPSA) is 43.8 Å². The second kappa shape index (κ2) is 3.26. The summed E-state index contributed by atoms with van der Waals surface area (Å²) >= 11 is 0. The highest BCUT2D eigenvalue weighted by Crippen LogP contribution is 2.39. The molecule has 1 unspecified atom stereocenters. The fourth-order valence-corrected chi connectivity index (χ4v) is 2.63. The Balaban J connectivity index is 1.94. The minimum atomic E-state index is 0.621. The van der Waals surface area contributed by atoms with Crippen LogP contribution in [0.2, 0.25) is 0 Å². The zero-order valence-electron chi connectivity index (χ0n) is 9.37. The van der Waals surface area contributed by atoms with Gasteiger partial charge in [-0.25, -0.2) is 4.68 Å². The van der Waals surface area contributed by atoms with Gasteiger partial charge in [0.05, 0.1) is 11.7 Å². The SMILES string of the molecule is CCC1CCc2nn(C3CC3)c(N)c2C1. The van der Waals surface area contributed by atoms with Crippen molar-refractivity contribution in [2.24, 2.45) is 5.92 Å². The first-order valence-corrected chi connectivity index (χ1v) is 6.15. The molecule has 1 aromatic rings. The maximum absolute atomic E-state index is 6.18. The van der Waals surface area contributed by atoms with Crippen LogP contribution in [0.1, 0.15) is 49.9 Å². The second-order valence-corrected chi connectivity index (χ2v) is 5.00. The molecular formula is C12H19N3. The molecule has 1 fully saturated rings. The lowest BCUT2D eigenvalue weighted by atomic mass is 9.86. The molecule has 2 aliphatic carbocycles. The minimum absolute atomic E-state index is 0.621. The molecule has 3 heteroatoms. The molecule has 0 aromatic carbocycles. The van der Waals surface area contributed by atoms with Crippen molar-refractivity contribution in [1.82, 2.24) is 9.78 Å². The van der Waals surface area contributed by atoms with Crippen molar-refractivity contribution < 1.29 is 0 Å². The molecule has 3 nitrogen and oxygen atoms in total. The van der Waals surface area contributed by atoms with Crippen LogP contribution in [0.5, 0.6) is 0 Å². The van der Waals surface area contributed by atoms with E-state index in [1.54, 1.807) is 0 Å². The third kappa shape index (κ3) is 1.45. The number of nitrogen functional groups attached to an aromatic ring is 1. The quantitative estimate of drug-likeness (QED) is 0.805. The zero-order chi connectivity index (χ0) is 10.4. The fourth-order valence-electron chi connectivity index (χ4n) is 2.63. The maximum atomic E-state index is 6.18. The monoisotopic (exact) mass is 205 g/mol. The highest BCUT2D eigenvalue weighted by atomic mass is 15.3. The molecule has 3 rings (SSSR count). The summed E-state index contributed by atoms with van der Waals surface area (Å²) in [6, 6.07) is 0.621. The van der Waals surface area contributed by atoms with Crippen LogP contribution in [0, 0.1) is 5.92 Å². The molecule has 1 aromatic heterocycles. The average Bonchev–Trinajstić information content (AvgIpc) is 3.05. The van der Waals surface area contributed by atoms with Crippen molar-refractivity contribution in [3.05, 3.63) is 11.3 Å². The first-order chi connectivity index (χ1) is 7.29. The van der Waals surface area contributed by atoms with Crippen LogP contribution in [-0.4, -0.2) is 9.78 Å². The van der Waals surface area contributed by atoms with Gasteiger partial charge in [0.25, 0.3) is 0 Å². The molecule has 15 heavy (non-hydrogen) atoms. The van der Waals surface area contributed by atoms with E-state index in [9.17, 15) is 0 Å². The van der Waals surface area contributed by atoms with Crippen molar-refractivity contribution in [2.75, 3.05) is 5.73 Å². The number of nitrogens with two attached hydrogens (primary N) is 1. The zero-order valence-corrected chi connectivity index (χ0v) is 9.37. The Kier molecular flexibility index (Phi) is 2.01. The number of fused-ring (bicyclic) bond motifs is 1. The lowest BCUT2D eigenvalue weighted by Crippen LogP contribution is -2.13. The van der Waals surface area contributed by atoms with Gasteiger partial charge in [-0.3, -0.25) is 0 Å². The van der Waals surface area contributed by atoms with Gasteiger partial charge in [-0.15, -0.1) is 0 Å². The highest BCUT2D eigenvalue weighted by Gasteiger charge is 2.31. The van der Waals surface area contributed by atoms with Gasteiger partial charge >= 0.3 is 0 Å². The number of aryl methyl sites for hydroxylation is 1. The fraction of sp³-hybridized carbons (Fsp3) is 0.750. The Morgan fingerprint density at radius 2 is 2.20 bits per heavy atom. The van der Waals surface area contributed by atoms with Crippen molar-refractivity contribution >= 4 is 5.82 Å². The van der Waals surface area contributed by atoms with Gasteiger partial charge in [-0.2, -0.15) is 5.10 Å². The lowest BCUT2D eigenvalue weighted by molar-refractivity contribution is 0.442. The number of hydrogen-bond donors (Lipinski definition) is 1. The van der Waals surface area contributed by atoms with Gasteiger partial charge in [0.2, 0.25) is 0 Å². The molecule has 82 valence electrons. The second-order valence-electron chi connectivity index (χ2n) is 5.00. The van der Waals surface area contributed by atoms with Crippen LogP contribution in [0.3, 0.4) is 0 Å². The maximum Gasteiger partial charge on any atom is 0.125 e. The van der Waals surface area contributed by atoms with Gasteiger partial charge in [0.15, 0.2) is 0 Å². The largest absolute Gasteiger partial charge is 0.384 e. The normalized spacial score (nSPS) is 25.3. The summed E-state index contributed by atoms with van der Waals surface area (Å²) in [5, 5.41) is 4.67. The van der Waals surface area contributed by atoms with Crippen LogP contribution in [-0.2, 0) is 12.8 Å². The van der Waals surface area contributed by atoms with E-state index in [2.05, 4.69) is 16.7 Å². The van der Waals surface area contributed by atoms with Crippen LogP contribution < -0.4 is 5.73 Å². The van der Waals surface area contributed by atoms with E-state index < -0.39 is 0 Å². The van der Waals surface area contributed by atoms with Gasteiger partial charge in [-0.05, 0) is 38.0 Å². The Bertz CT molecular complexity index is 376. The lowest BCUT2D eigenvalue weighted by Gasteiger charge is -2.19. The van der Waals surface area contributed by atoms with E-state index in [1.807, 2.05) is 0 Å². The number of rotatable bonds is 2. The van der Waals surface area contributed by atoms with Crippen LogP contribution >= 0.6 is 0 Å². The average molecular weight is 205 g/mol. The molecule has 2 N–H and O–H groups in total. The molecule has 0 spiro atoms. The molecule has 0 bridgehead atoms. The molecule has 0 saturated heterocycles. The molecule has 0 amide bonds. The molecule has 2 aliphatic rings. The number of anilines is 1. The summed E-state index contributed by atoms with van der Waals surface area (Å²) < 4.78 is 2.09. The van der Waals surface area contributed by atoms with Crippen LogP contribution in [0.25, 0.3) is 0 Å². The summed E-state index contributed by atoms with van der Waals surface area (Å²) in [4.78, 5) is 0. The number of aromatic nitrogens is 2. The van der Waals surface area contributed by atoms with Crippen molar-refractivity contribution in [1.29, 1.82) is 0 Å². The summed E-state index contributed by atoms with van der Waals surface area (Å²) in [7, 11) is 0. The third-order valence-electron chi connectivity index (χ3n) is 3.89. The number of hydrogen-bond acceptors (Lipinski definition) is 2. The Morgan fingerprint density at radius 3 is 2.87 bits per heavy atom. The molecule has 1 heterocycles. The predicted octanol–water partition coefficient (Wildman–Crippen LogP) is 2.32. The van der Waals surface area contributed by atoms with Gasteiger partial charge in [-0.1, -0.05) is 13.3 Å². The first-order valence-electron chi connectivity index (χ1n) is 6.15. The number of nitrogens with zero attached hydrogens (tertiary/aromatic N) is 2. The van der Waals surface area contributed by atoms with E-state index in [0.29, 0.717) is 6.04 Å². The predicted molar refractivity (Wildman–Crippen MR) is 60.7 cm³/mol. The standard InChI is InChI=1S/C12H19N3/c1-2-8-3-6-11-10(7-8)12(13)15(14-11)9-4-5-9/h8-9H,2-7,13H2,1H3. The van der Waals surface area contributed by atoms with Gasteiger partial charge in [0.1, 0.15) is 5.82 Å². The molecule has 1 saturated carbocycles. The van der Waals surface area contributed by atoms with Crippen molar-refractivity contribution in [3.63, 3.8) is 0 Å².